The van der Waals surface area contributed by atoms with E-state index in [4.69, 9.17) is 9.84 Å². The van der Waals surface area contributed by atoms with Gasteiger partial charge in [-0.05, 0) is 15.9 Å². The molecular weight excluding hydrogens is 264 g/mol. The maximum absolute atomic E-state index is 11.0. The number of hydrogen-bond donors (Lipinski definition) is 2. The summed E-state index contributed by atoms with van der Waals surface area (Å²) in [5, 5.41) is 15.6. The molecule has 2 N–H and O–H groups in total. The van der Waals surface area contributed by atoms with Crippen molar-refractivity contribution in [3.8, 4) is 0 Å². The van der Waals surface area contributed by atoms with Crippen molar-refractivity contribution in [3.63, 3.8) is 0 Å². The molecule has 0 aromatic carbocycles. The third kappa shape index (κ3) is 2.21. The number of nitrogens with zero attached hydrogens (tertiary/aromatic N) is 1. The number of carboxylic acids is 1. The molecule has 84 valence electrons. The molecule has 0 radical (unpaired) electrons. The Labute approximate surface area is 96.0 Å². The van der Waals surface area contributed by atoms with Gasteiger partial charge in [0.15, 0.2) is 6.10 Å². The Kier molecular flexibility index (Phi) is 3.51. The minimum absolute atomic E-state index is 0.685. The first kappa shape index (κ1) is 12.2. The highest BCUT2D eigenvalue weighted by Gasteiger charge is 2.39. The van der Waals surface area contributed by atoms with E-state index in [-0.39, 0.29) is 0 Å². The number of carbonyl (C=O) groups is 1. The van der Waals surface area contributed by atoms with Gasteiger partial charge in [-0.2, -0.15) is 5.10 Å². The zero-order valence-electron chi connectivity index (χ0n) is 8.74. The van der Waals surface area contributed by atoms with Crippen molar-refractivity contribution in [1.82, 2.24) is 10.2 Å². The highest BCUT2D eigenvalue weighted by atomic mass is 79.9. The number of aliphatic carboxylic acids is 1. The van der Waals surface area contributed by atoms with Crippen LogP contribution in [0.1, 0.15) is 19.5 Å². The van der Waals surface area contributed by atoms with Crippen LogP contribution in [0.25, 0.3) is 0 Å². The van der Waals surface area contributed by atoms with Gasteiger partial charge in [0, 0.05) is 12.5 Å². The summed E-state index contributed by atoms with van der Waals surface area (Å²) in [5.74, 6) is -0.996. The van der Waals surface area contributed by atoms with Crippen LogP contribution in [0.5, 0.6) is 0 Å². The fourth-order valence-corrected chi connectivity index (χ4v) is 2.26. The van der Waals surface area contributed by atoms with Gasteiger partial charge in [0.25, 0.3) is 0 Å². The number of methoxy groups -OCH3 is 1. The summed E-state index contributed by atoms with van der Waals surface area (Å²) in [6.07, 6.45) is 0.667. The lowest BCUT2D eigenvalue weighted by Gasteiger charge is -2.29. The summed E-state index contributed by atoms with van der Waals surface area (Å²) in [5.41, 5.74) is 0.0207. The Morgan fingerprint density at radius 1 is 1.73 bits per heavy atom. The number of aromatic amines is 1. The zero-order chi connectivity index (χ0) is 11.6. The molecule has 0 bridgehead atoms. The maximum atomic E-state index is 11.0. The SMILES string of the molecule is COC(C(=O)O)C(C)(C)c1[nH]ncc1Br. The molecule has 5 nitrogen and oxygen atoms in total. The molecule has 1 unspecified atom stereocenters. The van der Waals surface area contributed by atoms with Crippen LogP contribution >= 0.6 is 15.9 Å². The van der Waals surface area contributed by atoms with E-state index in [0.717, 1.165) is 4.47 Å². The second-order valence-corrected chi connectivity index (χ2v) is 4.62. The molecule has 0 saturated carbocycles. The Hall–Kier alpha value is -0.880. The molecule has 1 rings (SSSR count). The van der Waals surface area contributed by atoms with Gasteiger partial charge >= 0.3 is 5.97 Å². The summed E-state index contributed by atoms with van der Waals surface area (Å²) >= 11 is 3.31. The topological polar surface area (TPSA) is 75.2 Å². The first-order valence-electron chi connectivity index (χ1n) is 4.36. The van der Waals surface area contributed by atoms with E-state index in [9.17, 15) is 4.79 Å². The quantitative estimate of drug-likeness (QED) is 0.875. The number of hydrogen-bond acceptors (Lipinski definition) is 3. The van der Waals surface area contributed by atoms with Crippen molar-refractivity contribution in [2.75, 3.05) is 7.11 Å². The zero-order valence-corrected chi connectivity index (χ0v) is 10.3. The molecular formula is C9H13BrN2O3. The van der Waals surface area contributed by atoms with Gasteiger partial charge in [-0.1, -0.05) is 13.8 Å². The Balaban J connectivity index is 3.11. The molecule has 0 fully saturated rings. The van der Waals surface area contributed by atoms with Crippen LogP contribution in [0.4, 0.5) is 0 Å². The van der Waals surface area contributed by atoms with E-state index >= 15 is 0 Å². The molecule has 0 spiro atoms. The lowest BCUT2D eigenvalue weighted by molar-refractivity contribution is -0.152. The molecule has 0 saturated heterocycles. The smallest absolute Gasteiger partial charge is 0.333 e. The molecule has 15 heavy (non-hydrogen) atoms. The average molecular weight is 277 g/mol. The van der Waals surface area contributed by atoms with Gasteiger partial charge in [0.05, 0.1) is 16.4 Å². The predicted molar refractivity (Wildman–Crippen MR) is 57.7 cm³/mol. The van der Waals surface area contributed by atoms with Crippen molar-refractivity contribution in [2.45, 2.75) is 25.4 Å². The molecule has 0 aliphatic rings. The highest BCUT2D eigenvalue weighted by Crippen LogP contribution is 2.32. The number of rotatable bonds is 4. The number of carboxylic acid groups (broad SMARTS) is 1. The van der Waals surface area contributed by atoms with E-state index in [0.29, 0.717) is 5.69 Å². The lowest BCUT2D eigenvalue weighted by atomic mass is 9.83. The van der Waals surface area contributed by atoms with Crippen LogP contribution in [0.15, 0.2) is 10.7 Å². The molecule has 0 amide bonds. The van der Waals surface area contributed by atoms with E-state index in [1.165, 1.54) is 7.11 Å². The summed E-state index contributed by atoms with van der Waals surface area (Å²) < 4.78 is 5.73. The fraction of sp³-hybridized carbons (Fsp3) is 0.556. The molecule has 1 aromatic rings. The fourth-order valence-electron chi connectivity index (χ4n) is 1.56. The Morgan fingerprint density at radius 2 is 2.33 bits per heavy atom. The van der Waals surface area contributed by atoms with Crippen molar-refractivity contribution in [3.05, 3.63) is 16.4 Å². The van der Waals surface area contributed by atoms with Gasteiger partial charge in [0.2, 0.25) is 0 Å². The van der Waals surface area contributed by atoms with Gasteiger partial charge in [-0.25, -0.2) is 4.79 Å². The second-order valence-electron chi connectivity index (χ2n) is 3.77. The van der Waals surface area contributed by atoms with Gasteiger partial charge in [-0.3, -0.25) is 5.10 Å². The number of nitrogens with one attached hydrogen (secondary N) is 1. The van der Waals surface area contributed by atoms with Gasteiger partial charge in [0.1, 0.15) is 0 Å². The van der Waals surface area contributed by atoms with E-state index < -0.39 is 17.5 Å². The molecule has 1 heterocycles. The Bertz CT molecular complexity index is 362. The van der Waals surface area contributed by atoms with Crippen LogP contribution in [0, 0.1) is 0 Å². The third-order valence-electron chi connectivity index (χ3n) is 2.35. The highest BCUT2D eigenvalue weighted by molar-refractivity contribution is 9.10. The van der Waals surface area contributed by atoms with E-state index in [1.54, 1.807) is 20.0 Å². The number of H-pyrrole nitrogens is 1. The summed E-state index contributed by atoms with van der Waals surface area (Å²) in [6.45, 7) is 3.57. The van der Waals surface area contributed by atoms with Gasteiger partial charge in [-0.15, -0.1) is 0 Å². The normalized spacial score (nSPS) is 13.9. The third-order valence-corrected chi connectivity index (χ3v) is 2.95. The minimum Gasteiger partial charge on any atom is -0.479 e. The van der Waals surface area contributed by atoms with E-state index in [2.05, 4.69) is 26.1 Å². The number of halogens is 1. The van der Waals surface area contributed by atoms with Crippen molar-refractivity contribution in [2.24, 2.45) is 0 Å². The first-order valence-corrected chi connectivity index (χ1v) is 5.15. The lowest BCUT2D eigenvalue weighted by Crippen LogP contribution is -2.42. The maximum Gasteiger partial charge on any atom is 0.333 e. The van der Waals surface area contributed by atoms with Crippen LogP contribution in [0.3, 0.4) is 0 Å². The number of ether oxygens (including phenoxy) is 1. The van der Waals surface area contributed by atoms with Crippen LogP contribution < -0.4 is 0 Å². The summed E-state index contributed by atoms with van der Waals surface area (Å²) in [7, 11) is 1.38. The van der Waals surface area contributed by atoms with Crippen molar-refractivity contribution in [1.29, 1.82) is 0 Å². The first-order chi connectivity index (χ1) is 6.91. The molecule has 0 aliphatic carbocycles. The molecule has 6 heteroatoms. The monoisotopic (exact) mass is 276 g/mol. The van der Waals surface area contributed by atoms with Crippen molar-refractivity contribution >= 4 is 21.9 Å². The molecule has 1 aromatic heterocycles. The minimum atomic E-state index is -0.996. The average Bonchev–Trinajstić information content (AvgIpc) is 2.51. The number of aromatic nitrogens is 2. The predicted octanol–water partition coefficient (Wildman–Crippen LogP) is 1.55. The van der Waals surface area contributed by atoms with E-state index in [1.807, 2.05) is 0 Å². The Morgan fingerprint density at radius 3 is 2.67 bits per heavy atom. The summed E-state index contributed by atoms with van der Waals surface area (Å²) in [6, 6.07) is 0. The molecule has 0 aliphatic heterocycles. The van der Waals surface area contributed by atoms with Crippen LogP contribution in [-0.2, 0) is 14.9 Å². The summed E-state index contributed by atoms with van der Waals surface area (Å²) in [4.78, 5) is 11.0. The van der Waals surface area contributed by atoms with Crippen LogP contribution in [0.2, 0.25) is 0 Å². The van der Waals surface area contributed by atoms with Crippen molar-refractivity contribution < 1.29 is 14.6 Å². The largest absolute Gasteiger partial charge is 0.479 e. The molecule has 1 atom stereocenters. The second kappa shape index (κ2) is 4.32. The standard InChI is InChI=1S/C9H13BrN2O3/c1-9(2,7(15-3)8(13)14)6-5(10)4-11-12-6/h4,7H,1-3H3,(H,11,12)(H,13,14). The van der Waals surface area contributed by atoms with Gasteiger partial charge < -0.3 is 9.84 Å². The van der Waals surface area contributed by atoms with Crippen LogP contribution in [-0.4, -0.2) is 34.5 Å².